The molecule has 0 bridgehead atoms. The smallest absolute Gasteiger partial charge is 0.0784 e. The first-order valence-corrected chi connectivity index (χ1v) is 6.59. The van der Waals surface area contributed by atoms with Crippen LogP contribution >= 0.6 is 46.4 Å². The van der Waals surface area contributed by atoms with Gasteiger partial charge in [-0.3, -0.25) is 0 Å². The highest BCUT2D eigenvalue weighted by Gasteiger charge is 2.15. The first kappa shape index (κ1) is 14.0. The SMILES string of the molecule is OCc1cccc(Cl)c1-c1ccc(Cl)c(Cl)c1Cl. The van der Waals surface area contributed by atoms with Crippen molar-refractivity contribution in [1.82, 2.24) is 0 Å². The van der Waals surface area contributed by atoms with Crippen LogP contribution in [0.1, 0.15) is 5.56 Å². The molecule has 0 aliphatic heterocycles. The summed E-state index contributed by atoms with van der Waals surface area (Å²) in [5, 5.41) is 10.8. The van der Waals surface area contributed by atoms with Crippen molar-refractivity contribution in [3.8, 4) is 11.1 Å². The molecular weight excluding hydrogens is 314 g/mol. The maximum Gasteiger partial charge on any atom is 0.0784 e. The number of halogens is 4. The molecule has 0 atom stereocenters. The normalized spacial score (nSPS) is 10.7. The van der Waals surface area contributed by atoms with Crippen molar-refractivity contribution in [2.45, 2.75) is 6.61 Å². The Morgan fingerprint density at radius 3 is 2.22 bits per heavy atom. The summed E-state index contributed by atoms with van der Waals surface area (Å²) in [7, 11) is 0. The van der Waals surface area contributed by atoms with Crippen LogP contribution in [0.3, 0.4) is 0 Å². The van der Waals surface area contributed by atoms with Crippen LogP contribution < -0.4 is 0 Å². The zero-order valence-electron chi connectivity index (χ0n) is 9.05. The molecule has 0 aliphatic rings. The zero-order chi connectivity index (χ0) is 13.3. The summed E-state index contributed by atoms with van der Waals surface area (Å²) >= 11 is 24.2. The van der Waals surface area contributed by atoms with Crippen molar-refractivity contribution >= 4 is 46.4 Å². The van der Waals surface area contributed by atoms with Crippen LogP contribution in [0.2, 0.25) is 20.1 Å². The monoisotopic (exact) mass is 320 g/mol. The van der Waals surface area contributed by atoms with Gasteiger partial charge in [0.25, 0.3) is 0 Å². The highest BCUT2D eigenvalue weighted by Crippen LogP contribution is 2.41. The van der Waals surface area contributed by atoms with E-state index in [4.69, 9.17) is 46.4 Å². The van der Waals surface area contributed by atoms with Gasteiger partial charge in [-0.25, -0.2) is 0 Å². The van der Waals surface area contributed by atoms with Gasteiger partial charge >= 0.3 is 0 Å². The van der Waals surface area contributed by atoms with E-state index in [0.717, 1.165) is 0 Å². The van der Waals surface area contributed by atoms with E-state index in [-0.39, 0.29) is 11.6 Å². The Bertz CT molecular complexity index is 596. The molecule has 2 aromatic rings. The quantitative estimate of drug-likeness (QED) is 0.728. The Morgan fingerprint density at radius 1 is 0.833 bits per heavy atom. The molecule has 0 heterocycles. The molecule has 1 N–H and O–H groups in total. The summed E-state index contributed by atoms with van der Waals surface area (Å²) < 4.78 is 0. The first-order chi connectivity index (χ1) is 8.56. The lowest BCUT2D eigenvalue weighted by Crippen LogP contribution is -1.92. The van der Waals surface area contributed by atoms with Crippen LogP contribution in [0.25, 0.3) is 11.1 Å². The van der Waals surface area contributed by atoms with Crippen molar-refractivity contribution in [2.24, 2.45) is 0 Å². The minimum atomic E-state index is -0.132. The molecule has 0 saturated heterocycles. The fraction of sp³-hybridized carbons (Fsp3) is 0.0769. The molecule has 0 spiro atoms. The third-order valence-corrected chi connectivity index (χ3v) is 4.18. The van der Waals surface area contributed by atoms with Crippen LogP contribution in [0.5, 0.6) is 0 Å². The van der Waals surface area contributed by atoms with Gasteiger partial charge in [-0.05, 0) is 17.7 Å². The van der Waals surface area contributed by atoms with E-state index in [9.17, 15) is 5.11 Å². The minimum absolute atomic E-state index is 0.132. The molecule has 0 aromatic heterocycles. The maximum atomic E-state index is 9.36. The Balaban J connectivity index is 2.73. The lowest BCUT2D eigenvalue weighted by Gasteiger charge is -2.13. The van der Waals surface area contributed by atoms with Crippen molar-refractivity contribution in [3.05, 3.63) is 56.0 Å². The lowest BCUT2D eigenvalue weighted by atomic mass is 10.00. The van der Waals surface area contributed by atoms with E-state index in [2.05, 4.69) is 0 Å². The Labute approximate surface area is 125 Å². The van der Waals surface area contributed by atoms with Gasteiger partial charge in [0.05, 0.1) is 21.7 Å². The number of hydrogen-bond donors (Lipinski definition) is 1. The molecule has 0 saturated carbocycles. The topological polar surface area (TPSA) is 20.2 Å². The highest BCUT2D eigenvalue weighted by atomic mass is 35.5. The van der Waals surface area contributed by atoms with Crippen LogP contribution in [0, 0.1) is 0 Å². The maximum absolute atomic E-state index is 9.36. The van der Waals surface area contributed by atoms with Gasteiger partial charge in [0.1, 0.15) is 0 Å². The van der Waals surface area contributed by atoms with Gasteiger partial charge in [0.15, 0.2) is 0 Å². The average Bonchev–Trinajstić information content (AvgIpc) is 2.37. The molecule has 0 fully saturated rings. The molecule has 0 unspecified atom stereocenters. The van der Waals surface area contributed by atoms with E-state index < -0.39 is 0 Å². The third-order valence-electron chi connectivity index (χ3n) is 2.57. The summed E-state index contributed by atoms with van der Waals surface area (Å²) in [5.74, 6) is 0. The highest BCUT2D eigenvalue weighted by molar-refractivity contribution is 6.49. The van der Waals surface area contributed by atoms with Gasteiger partial charge in [-0.2, -0.15) is 0 Å². The van der Waals surface area contributed by atoms with E-state index >= 15 is 0 Å². The Morgan fingerprint density at radius 2 is 1.56 bits per heavy atom. The number of hydrogen-bond acceptors (Lipinski definition) is 1. The van der Waals surface area contributed by atoms with Crippen LogP contribution in [0.4, 0.5) is 0 Å². The molecule has 5 heteroatoms. The van der Waals surface area contributed by atoms with Gasteiger partial charge in [0.2, 0.25) is 0 Å². The van der Waals surface area contributed by atoms with Gasteiger partial charge in [0, 0.05) is 16.1 Å². The Kier molecular flexibility index (Phi) is 4.41. The number of aliphatic hydroxyl groups excluding tert-OH is 1. The van der Waals surface area contributed by atoms with Gasteiger partial charge in [-0.15, -0.1) is 0 Å². The third kappa shape index (κ3) is 2.47. The second-order valence-corrected chi connectivity index (χ2v) is 5.23. The molecule has 0 amide bonds. The Hall–Kier alpha value is -0.440. The van der Waals surface area contributed by atoms with Crippen molar-refractivity contribution in [1.29, 1.82) is 0 Å². The summed E-state index contributed by atoms with van der Waals surface area (Å²) in [6.45, 7) is -0.132. The fourth-order valence-corrected chi connectivity index (χ4v) is 2.65. The molecule has 94 valence electrons. The minimum Gasteiger partial charge on any atom is -0.392 e. The molecule has 1 nitrogen and oxygen atoms in total. The molecule has 18 heavy (non-hydrogen) atoms. The standard InChI is InChI=1S/C13H8Cl4O/c14-9-3-1-2-7(6-18)11(9)8-4-5-10(15)13(17)12(8)16/h1-5,18H,6H2. The number of rotatable bonds is 2. The second-order valence-electron chi connectivity index (χ2n) is 3.65. The number of benzene rings is 2. The summed E-state index contributed by atoms with van der Waals surface area (Å²) in [5.41, 5.74) is 2.01. The summed E-state index contributed by atoms with van der Waals surface area (Å²) in [6, 6.07) is 8.66. The van der Waals surface area contributed by atoms with Crippen molar-refractivity contribution < 1.29 is 5.11 Å². The van der Waals surface area contributed by atoms with Crippen molar-refractivity contribution in [3.63, 3.8) is 0 Å². The van der Waals surface area contributed by atoms with E-state index in [1.807, 2.05) is 0 Å². The zero-order valence-corrected chi connectivity index (χ0v) is 12.1. The van der Waals surface area contributed by atoms with E-state index in [1.165, 1.54) is 0 Å². The molecule has 0 radical (unpaired) electrons. The lowest BCUT2D eigenvalue weighted by molar-refractivity contribution is 0.282. The van der Waals surface area contributed by atoms with Crippen LogP contribution in [-0.4, -0.2) is 5.11 Å². The fourth-order valence-electron chi connectivity index (χ4n) is 1.72. The van der Waals surface area contributed by atoms with E-state index in [0.29, 0.717) is 31.8 Å². The first-order valence-electron chi connectivity index (χ1n) is 5.08. The summed E-state index contributed by atoms with van der Waals surface area (Å²) in [6.07, 6.45) is 0. The van der Waals surface area contributed by atoms with Crippen molar-refractivity contribution in [2.75, 3.05) is 0 Å². The number of aliphatic hydroxyl groups is 1. The predicted octanol–water partition coefficient (Wildman–Crippen LogP) is 5.46. The molecule has 0 aliphatic carbocycles. The van der Waals surface area contributed by atoms with Gasteiger partial charge in [-0.1, -0.05) is 64.6 Å². The van der Waals surface area contributed by atoms with Crippen LogP contribution in [0.15, 0.2) is 30.3 Å². The largest absolute Gasteiger partial charge is 0.392 e. The van der Waals surface area contributed by atoms with E-state index in [1.54, 1.807) is 30.3 Å². The predicted molar refractivity (Wildman–Crippen MR) is 77.8 cm³/mol. The molecule has 2 aromatic carbocycles. The molecule has 2 rings (SSSR count). The molecular formula is C13H8Cl4O. The average molecular weight is 322 g/mol. The van der Waals surface area contributed by atoms with Gasteiger partial charge < -0.3 is 5.11 Å². The summed E-state index contributed by atoms with van der Waals surface area (Å²) in [4.78, 5) is 0. The second kappa shape index (κ2) is 5.68. The van der Waals surface area contributed by atoms with Crippen LogP contribution in [-0.2, 0) is 6.61 Å².